The molecule has 2 bridgehead atoms. The lowest BCUT2D eigenvalue weighted by Crippen LogP contribution is -2.62. The highest BCUT2D eigenvalue weighted by Gasteiger charge is 2.57. The van der Waals surface area contributed by atoms with Gasteiger partial charge in [0.15, 0.2) is 0 Å². The molecular weight excluding hydrogens is 667 g/mol. The molecule has 1 saturated heterocycles. The fourth-order valence-electron chi connectivity index (χ4n) is 9.36. The minimum atomic E-state index is -0.861. The van der Waals surface area contributed by atoms with Crippen molar-refractivity contribution in [2.75, 3.05) is 27.2 Å². The molecule has 3 saturated carbocycles. The molecule has 284 valence electrons. The molecule has 8 nitrogen and oxygen atoms in total. The van der Waals surface area contributed by atoms with Crippen molar-refractivity contribution in [2.45, 2.75) is 118 Å². The van der Waals surface area contributed by atoms with Gasteiger partial charge in [0, 0.05) is 48.2 Å². The second-order valence-electron chi connectivity index (χ2n) is 17.8. The van der Waals surface area contributed by atoms with Crippen LogP contribution in [0.25, 0.3) is 0 Å². The van der Waals surface area contributed by atoms with Crippen LogP contribution in [0.1, 0.15) is 84.4 Å². The maximum absolute atomic E-state index is 15.2. The molecule has 9 atom stereocenters. The second-order valence-corrected chi connectivity index (χ2v) is 18.2. The van der Waals surface area contributed by atoms with E-state index in [1.54, 1.807) is 24.1 Å². The molecule has 1 heterocycles. The first-order valence-corrected chi connectivity index (χ1v) is 19.2. The lowest BCUT2D eigenvalue weighted by Gasteiger charge is -2.62. The number of carbonyl (C=O) groups excluding carboxylic acids is 1. The van der Waals surface area contributed by atoms with Crippen molar-refractivity contribution in [2.24, 2.45) is 34.5 Å². The molecule has 4 aliphatic rings. The number of amides is 1. The first-order valence-electron chi connectivity index (χ1n) is 18.8. The van der Waals surface area contributed by atoms with Gasteiger partial charge in [-0.3, -0.25) is 14.5 Å². The predicted octanol–water partition coefficient (Wildman–Crippen LogP) is 6.51. The Morgan fingerprint density at radius 3 is 2.41 bits per heavy atom. The van der Waals surface area contributed by atoms with Crippen molar-refractivity contribution in [1.29, 1.82) is 0 Å². The fraction of sp³-hybridized carbons (Fsp3) is 0.683. The van der Waals surface area contributed by atoms with Crippen molar-refractivity contribution in [1.82, 2.24) is 20.2 Å². The van der Waals surface area contributed by atoms with E-state index >= 15 is 4.39 Å². The summed E-state index contributed by atoms with van der Waals surface area (Å²) in [4.78, 5) is 24.9. The Kier molecular flexibility index (Phi) is 12.6. The molecule has 0 unspecified atom stereocenters. The highest BCUT2D eigenvalue weighted by molar-refractivity contribution is 6.31. The molecule has 0 spiro atoms. The SMILES string of the molecule is C[C@@H]1[C@@H](NC(=O)[C@@H]2[C@H]([C@H](C)O)[C@H](CO)ON2Cc2cccc(CN(Cc3c(F)cccc3Cl)[C@H](CN(C)C)CC(C)(C)C)c2)C[C@@H]2C[C@H]1C2(C)C. The third-order valence-corrected chi connectivity index (χ3v) is 12.5. The van der Waals surface area contributed by atoms with E-state index in [1.165, 1.54) is 12.5 Å². The van der Waals surface area contributed by atoms with E-state index < -0.39 is 24.2 Å². The van der Waals surface area contributed by atoms with Crippen LogP contribution in [-0.4, -0.2) is 88.6 Å². The van der Waals surface area contributed by atoms with E-state index in [1.807, 2.05) is 12.1 Å². The standard InChI is InChI=1S/C41H62ClFN4O4/c1-25-32-17-29(41(32,6)7)18-35(25)44-39(50)38-37(26(2)49)36(24-48)51-47(38)21-28-13-10-12-27(16-28)20-46(23-31-33(42)14-11-15-34(31)43)30(22-45(8)9)19-40(3,4)5/h10-16,25-26,29-30,32,35-38,48-49H,17-24H2,1-9H3,(H,44,50)/t25-,26-,29-,30-,32+,35-,36-,37+,38-/m0/s1. The van der Waals surface area contributed by atoms with E-state index in [-0.39, 0.29) is 35.8 Å². The zero-order chi connectivity index (χ0) is 37.4. The van der Waals surface area contributed by atoms with Gasteiger partial charge < -0.3 is 20.4 Å². The Morgan fingerprint density at radius 1 is 1.14 bits per heavy atom. The van der Waals surface area contributed by atoms with Crippen LogP contribution in [0.5, 0.6) is 0 Å². The number of hydrogen-bond acceptors (Lipinski definition) is 7. The minimum Gasteiger partial charge on any atom is -0.394 e. The van der Waals surface area contributed by atoms with Crippen LogP contribution in [0.4, 0.5) is 4.39 Å². The topological polar surface area (TPSA) is 88.5 Å². The molecular formula is C41H62ClFN4O4. The number of benzene rings is 2. The number of rotatable bonds is 14. The van der Waals surface area contributed by atoms with Gasteiger partial charge in [0.25, 0.3) is 0 Å². The number of nitrogens with zero attached hydrogens (tertiary/aromatic N) is 3. The quantitative estimate of drug-likeness (QED) is 0.205. The first kappa shape index (κ1) is 40.1. The third-order valence-electron chi connectivity index (χ3n) is 12.1. The van der Waals surface area contributed by atoms with Gasteiger partial charge in [-0.15, -0.1) is 0 Å². The van der Waals surface area contributed by atoms with Crippen LogP contribution < -0.4 is 5.32 Å². The Bertz CT molecular complexity index is 1480. The molecule has 10 heteroatoms. The Hall–Kier alpha value is -2.11. The summed E-state index contributed by atoms with van der Waals surface area (Å²) in [5.41, 5.74) is 2.81. The highest BCUT2D eigenvalue weighted by Crippen LogP contribution is 2.61. The van der Waals surface area contributed by atoms with Crippen LogP contribution in [0.3, 0.4) is 0 Å². The first-order chi connectivity index (χ1) is 23.9. The number of fused-ring (bicyclic) bond motifs is 2. The zero-order valence-corrected chi connectivity index (χ0v) is 33.0. The van der Waals surface area contributed by atoms with Gasteiger partial charge in [0.2, 0.25) is 5.91 Å². The van der Waals surface area contributed by atoms with Gasteiger partial charge in [-0.2, -0.15) is 5.06 Å². The highest BCUT2D eigenvalue weighted by atomic mass is 35.5. The summed E-state index contributed by atoms with van der Waals surface area (Å²) in [5, 5.41) is 26.6. The summed E-state index contributed by atoms with van der Waals surface area (Å²) in [7, 11) is 4.12. The van der Waals surface area contributed by atoms with E-state index in [0.29, 0.717) is 53.4 Å². The average molecular weight is 729 g/mol. The molecule has 1 aliphatic heterocycles. The number of likely N-dealkylation sites (N-methyl/N-ethyl adjacent to an activating group) is 1. The maximum Gasteiger partial charge on any atom is 0.240 e. The van der Waals surface area contributed by atoms with Gasteiger partial charge >= 0.3 is 0 Å². The normalized spacial score (nSPS) is 28.9. The zero-order valence-electron chi connectivity index (χ0n) is 32.2. The summed E-state index contributed by atoms with van der Waals surface area (Å²) < 4.78 is 15.2. The van der Waals surface area contributed by atoms with Crippen molar-refractivity contribution < 1.29 is 24.2 Å². The summed E-state index contributed by atoms with van der Waals surface area (Å²) >= 11 is 6.56. The van der Waals surface area contributed by atoms with Gasteiger partial charge in [0.05, 0.1) is 19.3 Å². The second kappa shape index (κ2) is 16.1. The van der Waals surface area contributed by atoms with Crippen LogP contribution >= 0.6 is 11.6 Å². The number of aliphatic hydroxyl groups excluding tert-OH is 2. The molecule has 3 N–H and O–H groups in total. The maximum atomic E-state index is 15.2. The molecule has 4 fully saturated rings. The molecule has 0 radical (unpaired) electrons. The molecule has 6 rings (SSSR count). The third kappa shape index (κ3) is 9.17. The van der Waals surface area contributed by atoms with E-state index in [4.69, 9.17) is 16.4 Å². The van der Waals surface area contributed by atoms with Crippen molar-refractivity contribution in [3.63, 3.8) is 0 Å². The monoisotopic (exact) mass is 728 g/mol. The van der Waals surface area contributed by atoms with Crippen LogP contribution in [0.15, 0.2) is 42.5 Å². The Balaban J connectivity index is 1.39. The molecule has 51 heavy (non-hydrogen) atoms. The molecule has 0 aromatic heterocycles. The lowest BCUT2D eigenvalue weighted by atomic mass is 9.45. The Morgan fingerprint density at radius 2 is 1.82 bits per heavy atom. The number of carbonyl (C=O) groups is 1. The number of halogens is 2. The van der Waals surface area contributed by atoms with Crippen molar-refractivity contribution >= 4 is 17.5 Å². The van der Waals surface area contributed by atoms with E-state index in [0.717, 1.165) is 30.5 Å². The van der Waals surface area contributed by atoms with Crippen LogP contribution in [0.2, 0.25) is 5.02 Å². The van der Waals surface area contributed by atoms with Gasteiger partial charge in [-0.1, -0.05) is 83.5 Å². The molecule has 1 amide bonds. The summed E-state index contributed by atoms with van der Waals surface area (Å²) in [6, 6.07) is 12.5. The number of hydroxylamine groups is 2. The smallest absolute Gasteiger partial charge is 0.240 e. The van der Waals surface area contributed by atoms with Gasteiger partial charge in [-0.25, -0.2) is 4.39 Å². The van der Waals surface area contributed by atoms with E-state index in [9.17, 15) is 15.0 Å². The van der Waals surface area contributed by atoms with Crippen LogP contribution in [-0.2, 0) is 29.3 Å². The summed E-state index contributed by atoms with van der Waals surface area (Å²) in [5.74, 6) is 0.462. The van der Waals surface area contributed by atoms with Gasteiger partial charge in [0.1, 0.15) is 18.0 Å². The molecule has 2 aromatic rings. The fourth-order valence-corrected chi connectivity index (χ4v) is 9.59. The van der Waals surface area contributed by atoms with E-state index in [2.05, 4.69) is 82.9 Å². The van der Waals surface area contributed by atoms with Gasteiger partial charge in [-0.05, 0) is 92.1 Å². The number of aliphatic hydroxyl groups is 2. The average Bonchev–Trinajstić information content (AvgIpc) is 3.40. The molecule has 3 aliphatic carbocycles. The Labute approximate surface area is 310 Å². The molecule has 2 aromatic carbocycles. The van der Waals surface area contributed by atoms with Crippen molar-refractivity contribution in [3.05, 3.63) is 70.0 Å². The van der Waals surface area contributed by atoms with Crippen LogP contribution in [0, 0.1) is 40.3 Å². The summed E-state index contributed by atoms with van der Waals surface area (Å²) in [6.45, 7) is 17.0. The number of nitrogens with one attached hydrogen (secondary N) is 1. The lowest BCUT2D eigenvalue weighted by molar-refractivity contribution is -0.183. The minimum absolute atomic E-state index is 0.0399. The largest absolute Gasteiger partial charge is 0.394 e. The van der Waals surface area contributed by atoms with Crippen molar-refractivity contribution in [3.8, 4) is 0 Å². The number of hydrogen-bond donors (Lipinski definition) is 3. The summed E-state index contributed by atoms with van der Waals surface area (Å²) in [6.07, 6.45) is 1.51. The predicted molar refractivity (Wildman–Crippen MR) is 201 cm³/mol.